The number of amides is 6. The highest BCUT2D eigenvalue weighted by Gasteiger charge is 2.44. The Kier molecular flexibility index (Phi) is 33.9. The molecule has 0 bridgehead atoms. The summed E-state index contributed by atoms with van der Waals surface area (Å²) in [7, 11) is 7.90. The first-order chi connectivity index (χ1) is 39.2. The summed E-state index contributed by atoms with van der Waals surface area (Å²) in [6.07, 6.45) is 3.92. The Morgan fingerprint density at radius 1 is 0.707 bits per heavy atom. The van der Waals surface area contributed by atoms with E-state index in [9.17, 15) is 33.6 Å². The number of thiocarbonyl (C=S) groups is 1. The molecule has 23 heteroatoms. The SMILES string of the molecule is CC[C@H](C)[C@@H]([C@@H](CC(=O)N1CCC[C@H]1[C@H](OC)[C@@H](C)C(=S)N[C@@H](Cc1ccccc1)C(=O)OC)OC)N(C)[C@H](C(=O)NC(=O)[C@H](C(C)C)N(C)C(=O)CCOCCOCCOCCOCCOCCOCCN1C(=O)C=CC1=O)C(C)C. The maximum atomic E-state index is 14.5. The number of nitrogens with zero attached hydrogens (tertiary/aromatic N) is 4. The van der Waals surface area contributed by atoms with Gasteiger partial charge in [0.1, 0.15) is 12.1 Å². The van der Waals surface area contributed by atoms with Gasteiger partial charge in [-0.2, -0.15) is 0 Å². The molecule has 9 atom stereocenters. The summed E-state index contributed by atoms with van der Waals surface area (Å²) in [4.78, 5) is 99.0. The third-order valence-electron chi connectivity index (χ3n) is 15.0. The van der Waals surface area contributed by atoms with Gasteiger partial charge in [-0.15, -0.1) is 0 Å². The number of carbonyl (C=O) groups is 7. The largest absolute Gasteiger partial charge is 0.467 e. The zero-order valence-electron chi connectivity index (χ0n) is 50.8. The van der Waals surface area contributed by atoms with Crippen LogP contribution in [0.5, 0.6) is 0 Å². The first-order valence-corrected chi connectivity index (χ1v) is 29.2. The Bertz CT molecular complexity index is 2140. The van der Waals surface area contributed by atoms with E-state index >= 15 is 0 Å². The quantitative estimate of drug-likeness (QED) is 0.0411. The molecule has 0 aromatic heterocycles. The number of ether oxygens (including phenoxy) is 9. The van der Waals surface area contributed by atoms with Crippen LogP contribution >= 0.6 is 12.2 Å². The molecule has 2 aliphatic heterocycles. The van der Waals surface area contributed by atoms with E-state index in [2.05, 4.69) is 17.6 Å². The summed E-state index contributed by atoms with van der Waals surface area (Å²) in [6, 6.07) is 6.40. The lowest BCUT2D eigenvalue weighted by atomic mass is 9.87. The number of benzene rings is 1. The van der Waals surface area contributed by atoms with Crippen LogP contribution in [0.2, 0.25) is 0 Å². The Hall–Kier alpha value is -4.82. The van der Waals surface area contributed by atoms with Crippen molar-refractivity contribution in [3.05, 3.63) is 48.0 Å². The molecule has 3 rings (SSSR count). The number of esters is 1. The van der Waals surface area contributed by atoms with E-state index in [-0.39, 0.29) is 92.5 Å². The van der Waals surface area contributed by atoms with Gasteiger partial charge in [-0.05, 0) is 43.2 Å². The predicted octanol–water partition coefficient (Wildman–Crippen LogP) is 3.65. The molecule has 464 valence electrons. The molecule has 0 saturated carbocycles. The molecule has 0 aliphatic carbocycles. The minimum atomic E-state index is -0.948. The van der Waals surface area contributed by atoms with E-state index in [1.807, 2.05) is 88.7 Å². The lowest BCUT2D eigenvalue weighted by molar-refractivity contribution is -0.146. The molecule has 1 aromatic rings. The molecule has 0 spiro atoms. The highest BCUT2D eigenvalue weighted by molar-refractivity contribution is 7.80. The van der Waals surface area contributed by atoms with Gasteiger partial charge in [-0.3, -0.25) is 43.9 Å². The first-order valence-electron chi connectivity index (χ1n) is 28.8. The molecule has 2 aliphatic rings. The summed E-state index contributed by atoms with van der Waals surface area (Å²) in [6.45, 7) is 18.0. The van der Waals surface area contributed by atoms with Crippen molar-refractivity contribution in [2.24, 2.45) is 23.7 Å². The van der Waals surface area contributed by atoms with Crippen LogP contribution in [0.1, 0.15) is 86.1 Å². The molecule has 0 unspecified atom stereocenters. The Morgan fingerprint density at radius 2 is 1.22 bits per heavy atom. The van der Waals surface area contributed by atoms with E-state index < -0.39 is 54.2 Å². The monoisotopic (exact) mass is 1180 g/mol. The first kappa shape index (κ1) is 71.4. The number of rotatable bonds is 42. The zero-order valence-corrected chi connectivity index (χ0v) is 51.6. The van der Waals surface area contributed by atoms with Gasteiger partial charge < -0.3 is 57.7 Å². The van der Waals surface area contributed by atoms with Crippen LogP contribution in [-0.2, 0) is 82.6 Å². The number of methoxy groups -OCH3 is 3. The molecule has 82 heavy (non-hydrogen) atoms. The fourth-order valence-electron chi connectivity index (χ4n) is 10.5. The van der Waals surface area contributed by atoms with Crippen molar-refractivity contribution in [1.29, 1.82) is 0 Å². The average Bonchev–Trinajstić information content (AvgIpc) is 4.23. The van der Waals surface area contributed by atoms with Crippen LogP contribution in [0.3, 0.4) is 0 Å². The summed E-state index contributed by atoms with van der Waals surface area (Å²) in [5, 5.41) is 5.89. The van der Waals surface area contributed by atoms with Crippen molar-refractivity contribution in [3.63, 3.8) is 0 Å². The molecule has 1 aromatic carbocycles. The molecule has 1 fully saturated rings. The molecule has 6 amide bonds. The summed E-state index contributed by atoms with van der Waals surface area (Å²) < 4.78 is 50.5. The minimum absolute atomic E-state index is 0.0118. The zero-order chi connectivity index (χ0) is 60.7. The molecule has 2 N–H and O–H groups in total. The number of likely N-dealkylation sites (tertiary alicyclic amines) is 1. The highest BCUT2D eigenvalue weighted by atomic mass is 32.1. The number of imide groups is 2. The number of carbonyl (C=O) groups excluding carboxylic acids is 7. The maximum absolute atomic E-state index is 14.5. The molecule has 0 radical (unpaired) electrons. The minimum Gasteiger partial charge on any atom is -0.467 e. The maximum Gasteiger partial charge on any atom is 0.328 e. The Morgan fingerprint density at radius 3 is 1.71 bits per heavy atom. The third-order valence-corrected chi connectivity index (χ3v) is 15.5. The smallest absolute Gasteiger partial charge is 0.328 e. The van der Waals surface area contributed by atoms with Gasteiger partial charge in [0, 0.05) is 58.3 Å². The number of likely N-dealkylation sites (N-methyl/N-ethyl adjacent to an activating group) is 2. The van der Waals surface area contributed by atoms with E-state index in [0.717, 1.165) is 16.9 Å². The summed E-state index contributed by atoms with van der Waals surface area (Å²) in [5.74, 6) is -3.68. The van der Waals surface area contributed by atoms with Crippen molar-refractivity contribution in [3.8, 4) is 0 Å². The lowest BCUT2D eigenvalue weighted by Gasteiger charge is -2.43. The number of nitrogens with one attached hydrogen (secondary N) is 2. The van der Waals surface area contributed by atoms with Crippen LogP contribution < -0.4 is 10.6 Å². The van der Waals surface area contributed by atoms with Crippen LogP contribution in [0, 0.1) is 23.7 Å². The van der Waals surface area contributed by atoms with Crippen molar-refractivity contribution in [1.82, 2.24) is 30.2 Å². The fraction of sp³-hybridized carbons (Fsp3) is 0.729. The van der Waals surface area contributed by atoms with Gasteiger partial charge in [0.25, 0.3) is 11.8 Å². The third kappa shape index (κ3) is 23.3. The van der Waals surface area contributed by atoms with E-state index in [1.54, 1.807) is 21.3 Å². The van der Waals surface area contributed by atoms with Gasteiger partial charge in [-0.25, -0.2) is 4.79 Å². The van der Waals surface area contributed by atoms with Crippen LogP contribution in [-0.4, -0.2) is 236 Å². The van der Waals surface area contributed by atoms with E-state index in [1.165, 1.54) is 24.2 Å². The molecular weight excluding hydrogens is 1080 g/mol. The highest BCUT2D eigenvalue weighted by Crippen LogP contribution is 2.31. The van der Waals surface area contributed by atoms with E-state index in [4.69, 9.17) is 54.8 Å². The van der Waals surface area contributed by atoms with Gasteiger partial charge in [-0.1, -0.05) is 97.4 Å². The van der Waals surface area contributed by atoms with Crippen LogP contribution in [0.25, 0.3) is 0 Å². The van der Waals surface area contributed by atoms with Crippen molar-refractivity contribution < 1.29 is 76.2 Å². The summed E-state index contributed by atoms with van der Waals surface area (Å²) >= 11 is 5.90. The second-order valence-corrected chi connectivity index (χ2v) is 21.8. The van der Waals surface area contributed by atoms with E-state index in [0.29, 0.717) is 90.3 Å². The topological polar surface area (TPSA) is 240 Å². The Balaban J connectivity index is 1.45. The lowest BCUT2D eigenvalue weighted by Crippen LogP contribution is -2.60. The molecule has 22 nitrogen and oxygen atoms in total. The average molecular weight is 1180 g/mol. The Labute approximate surface area is 492 Å². The molecule has 2 heterocycles. The normalized spacial score (nSPS) is 17.4. The predicted molar refractivity (Wildman–Crippen MR) is 311 cm³/mol. The molecule has 1 saturated heterocycles. The van der Waals surface area contributed by atoms with Crippen molar-refractivity contribution in [2.45, 2.75) is 129 Å². The van der Waals surface area contributed by atoms with Gasteiger partial charge in [0.2, 0.25) is 23.6 Å². The van der Waals surface area contributed by atoms with Crippen LogP contribution in [0.15, 0.2) is 42.5 Å². The second-order valence-electron chi connectivity index (χ2n) is 21.4. The van der Waals surface area contributed by atoms with Crippen molar-refractivity contribution in [2.75, 3.05) is 128 Å². The van der Waals surface area contributed by atoms with Gasteiger partial charge in [0.05, 0.1) is 135 Å². The second kappa shape index (κ2) is 38.9. The fourth-order valence-corrected chi connectivity index (χ4v) is 10.8. The standard InChI is InChI=1S/C59H96N6O16S/c1-13-42(6)54(47(73-10)39-51(69)64-24-17-20-46(64)55(74-11)43(7)58(82)60-45(59(72)75-12)38-44-18-15-14-16-19-44)63(9)53(41(4)5)57(71)61-56(70)52(40(2)3)62(8)48(66)23-26-76-28-30-78-32-34-80-36-37-81-35-33-79-31-29-77-27-25-65-49(67)21-22-50(65)68/h14-16,18-19,21-22,40-43,45-47,52-55H,13,17,20,23-39H2,1-12H3,(H,60,82)(H,61,70,71)/t42-,43+,45-,46-,47+,52-,53-,54-,55+/m0/s1. The van der Waals surface area contributed by atoms with Gasteiger partial charge >= 0.3 is 5.97 Å². The van der Waals surface area contributed by atoms with Crippen molar-refractivity contribution >= 4 is 58.6 Å². The molecular formula is C59H96N6O16S. The van der Waals surface area contributed by atoms with Gasteiger partial charge in [0.15, 0.2) is 0 Å². The number of hydrogen-bond acceptors (Lipinski definition) is 18. The number of hydrogen-bond donors (Lipinski definition) is 2. The summed E-state index contributed by atoms with van der Waals surface area (Å²) in [5.41, 5.74) is 0.945. The van der Waals surface area contributed by atoms with Crippen LogP contribution in [0.4, 0.5) is 0 Å².